The zero-order chi connectivity index (χ0) is 18.8. The molecule has 1 amide bonds. The van der Waals surface area contributed by atoms with Crippen LogP contribution in [0.4, 0.5) is 5.69 Å². The predicted octanol–water partition coefficient (Wildman–Crippen LogP) is 1.88. The lowest BCUT2D eigenvalue weighted by atomic mass is 10.2. The Morgan fingerprint density at radius 3 is 2.31 bits per heavy atom. The molecular formula is C18H22N2O5S. The molecule has 0 aromatic heterocycles. The van der Waals surface area contributed by atoms with Gasteiger partial charge in [0.1, 0.15) is 0 Å². The molecule has 2 N–H and O–H groups in total. The van der Waals surface area contributed by atoms with Crippen LogP contribution in [0.3, 0.4) is 0 Å². The van der Waals surface area contributed by atoms with Gasteiger partial charge in [-0.25, -0.2) is 8.42 Å². The number of ether oxygens (including phenoxy) is 2. The van der Waals surface area contributed by atoms with Gasteiger partial charge in [-0.15, -0.1) is 0 Å². The Morgan fingerprint density at radius 1 is 0.962 bits per heavy atom. The van der Waals surface area contributed by atoms with E-state index < -0.39 is 10.0 Å². The van der Waals surface area contributed by atoms with E-state index in [1.54, 1.807) is 49.6 Å². The fourth-order valence-corrected chi connectivity index (χ4v) is 3.17. The summed E-state index contributed by atoms with van der Waals surface area (Å²) in [5, 5.41) is 2.73. The Morgan fingerprint density at radius 2 is 1.65 bits per heavy atom. The van der Waals surface area contributed by atoms with Gasteiger partial charge in [0.05, 0.1) is 24.7 Å². The Balaban J connectivity index is 1.87. The molecule has 0 radical (unpaired) electrons. The Labute approximate surface area is 153 Å². The summed E-state index contributed by atoms with van der Waals surface area (Å²) < 4.78 is 37.1. The molecule has 0 heterocycles. The smallest absolute Gasteiger partial charge is 0.261 e. The van der Waals surface area contributed by atoms with Gasteiger partial charge in [-0.2, -0.15) is 0 Å². The minimum absolute atomic E-state index is 0.176. The van der Waals surface area contributed by atoms with Crippen molar-refractivity contribution in [3.8, 4) is 0 Å². The van der Waals surface area contributed by atoms with Crippen LogP contribution in [0.25, 0.3) is 0 Å². The van der Waals surface area contributed by atoms with Crippen LogP contribution in [0.15, 0.2) is 59.5 Å². The Kier molecular flexibility index (Phi) is 7.58. The highest BCUT2D eigenvalue weighted by Gasteiger charge is 2.13. The summed E-state index contributed by atoms with van der Waals surface area (Å²) in [7, 11) is -2.06. The summed E-state index contributed by atoms with van der Waals surface area (Å²) in [5.41, 5.74) is 0.817. The minimum atomic E-state index is -3.65. The van der Waals surface area contributed by atoms with E-state index >= 15 is 0 Å². The van der Waals surface area contributed by atoms with E-state index in [0.717, 1.165) is 0 Å². The van der Waals surface area contributed by atoms with Gasteiger partial charge in [0, 0.05) is 24.9 Å². The number of hydrogen-bond acceptors (Lipinski definition) is 5. The third kappa shape index (κ3) is 6.14. The number of nitrogens with one attached hydrogen (secondary N) is 2. The summed E-state index contributed by atoms with van der Waals surface area (Å²) in [6.07, 6.45) is 0. The normalized spacial score (nSPS) is 11.1. The molecule has 0 fully saturated rings. The van der Waals surface area contributed by atoms with Crippen LogP contribution in [0.1, 0.15) is 10.4 Å². The van der Waals surface area contributed by atoms with Gasteiger partial charge in [-0.3, -0.25) is 9.52 Å². The van der Waals surface area contributed by atoms with E-state index in [9.17, 15) is 13.2 Å². The second kappa shape index (κ2) is 9.91. The van der Waals surface area contributed by atoms with E-state index in [0.29, 0.717) is 37.6 Å². The summed E-state index contributed by atoms with van der Waals surface area (Å²) in [6.45, 7) is 1.76. The van der Waals surface area contributed by atoms with Crippen molar-refractivity contribution >= 4 is 21.6 Å². The van der Waals surface area contributed by atoms with Gasteiger partial charge in [-0.1, -0.05) is 18.2 Å². The molecule has 0 bridgehead atoms. The number of rotatable bonds is 10. The van der Waals surface area contributed by atoms with Crippen LogP contribution in [-0.2, 0) is 19.5 Å². The maximum Gasteiger partial charge on any atom is 0.261 e. The Bertz CT molecular complexity index is 792. The molecule has 8 heteroatoms. The average molecular weight is 378 g/mol. The van der Waals surface area contributed by atoms with E-state index in [4.69, 9.17) is 9.47 Å². The highest BCUT2D eigenvalue weighted by molar-refractivity contribution is 7.92. The SMILES string of the molecule is COCCOCCNC(=O)c1ccc(NS(=O)(=O)c2ccccc2)cc1. The quantitative estimate of drug-likeness (QED) is 0.616. The first kappa shape index (κ1) is 19.9. The lowest BCUT2D eigenvalue weighted by Crippen LogP contribution is -2.27. The predicted molar refractivity (Wildman–Crippen MR) is 98.7 cm³/mol. The number of amides is 1. The number of hydrogen-bond donors (Lipinski definition) is 2. The minimum Gasteiger partial charge on any atom is -0.382 e. The molecule has 0 saturated heterocycles. The third-order valence-corrected chi connectivity index (χ3v) is 4.81. The largest absolute Gasteiger partial charge is 0.382 e. The highest BCUT2D eigenvalue weighted by Crippen LogP contribution is 2.16. The monoisotopic (exact) mass is 378 g/mol. The van der Waals surface area contributed by atoms with Gasteiger partial charge in [0.25, 0.3) is 15.9 Å². The Hall–Kier alpha value is -2.42. The number of carbonyl (C=O) groups is 1. The van der Waals surface area contributed by atoms with Crippen LogP contribution >= 0.6 is 0 Å². The van der Waals surface area contributed by atoms with Crippen molar-refractivity contribution in [2.24, 2.45) is 0 Å². The molecule has 0 atom stereocenters. The number of methoxy groups -OCH3 is 1. The molecule has 0 aliphatic rings. The standard InChI is InChI=1S/C18H22N2O5S/c1-24-13-14-25-12-11-19-18(21)15-7-9-16(10-8-15)20-26(22,23)17-5-3-2-4-6-17/h2-10,20H,11-14H2,1H3,(H,19,21). The summed E-state index contributed by atoms with van der Waals surface area (Å²) in [6, 6.07) is 14.3. The van der Waals surface area contributed by atoms with Crippen LogP contribution in [0.5, 0.6) is 0 Å². The van der Waals surface area contributed by atoms with Crippen molar-refractivity contribution < 1.29 is 22.7 Å². The van der Waals surface area contributed by atoms with Crippen molar-refractivity contribution in [3.05, 3.63) is 60.2 Å². The van der Waals surface area contributed by atoms with E-state index in [2.05, 4.69) is 10.0 Å². The van der Waals surface area contributed by atoms with Crippen LogP contribution < -0.4 is 10.0 Å². The van der Waals surface area contributed by atoms with Gasteiger partial charge >= 0.3 is 0 Å². The molecule has 0 spiro atoms. The van der Waals surface area contributed by atoms with E-state index in [-0.39, 0.29) is 10.8 Å². The molecule has 2 rings (SSSR count). The molecular weight excluding hydrogens is 356 g/mol. The second-order valence-corrected chi connectivity index (χ2v) is 7.04. The van der Waals surface area contributed by atoms with Crippen LogP contribution in [0.2, 0.25) is 0 Å². The van der Waals surface area contributed by atoms with Crippen LogP contribution in [0, 0.1) is 0 Å². The summed E-state index contributed by atoms with van der Waals surface area (Å²) >= 11 is 0. The average Bonchev–Trinajstić information content (AvgIpc) is 2.65. The molecule has 140 valence electrons. The molecule has 0 unspecified atom stereocenters. The molecule has 2 aromatic carbocycles. The first-order chi connectivity index (χ1) is 12.5. The van der Waals surface area contributed by atoms with Crippen molar-refractivity contribution in [1.29, 1.82) is 0 Å². The molecule has 7 nitrogen and oxygen atoms in total. The van der Waals surface area contributed by atoms with Crippen molar-refractivity contribution in [2.75, 3.05) is 38.2 Å². The van der Waals surface area contributed by atoms with Crippen molar-refractivity contribution in [2.45, 2.75) is 4.90 Å². The maximum atomic E-state index is 12.3. The fraction of sp³-hybridized carbons (Fsp3) is 0.278. The first-order valence-corrected chi connectivity index (χ1v) is 9.54. The number of anilines is 1. The fourth-order valence-electron chi connectivity index (χ4n) is 2.09. The molecule has 26 heavy (non-hydrogen) atoms. The highest BCUT2D eigenvalue weighted by atomic mass is 32.2. The summed E-state index contributed by atoms with van der Waals surface area (Å²) in [4.78, 5) is 12.2. The molecule has 0 aliphatic heterocycles. The molecule has 0 saturated carbocycles. The number of sulfonamides is 1. The number of benzene rings is 2. The zero-order valence-corrected chi connectivity index (χ0v) is 15.3. The van der Waals surface area contributed by atoms with Gasteiger partial charge in [-0.05, 0) is 36.4 Å². The maximum absolute atomic E-state index is 12.3. The van der Waals surface area contributed by atoms with Crippen LogP contribution in [-0.4, -0.2) is 47.8 Å². The summed E-state index contributed by atoms with van der Waals surface area (Å²) in [5.74, 6) is -0.252. The van der Waals surface area contributed by atoms with E-state index in [1.165, 1.54) is 12.1 Å². The third-order valence-electron chi connectivity index (χ3n) is 3.42. The van der Waals surface area contributed by atoms with Gasteiger partial charge in [0.2, 0.25) is 0 Å². The van der Waals surface area contributed by atoms with Gasteiger partial charge in [0.15, 0.2) is 0 Å². The lowest BCUT2D eigenvalue weighted by Gasteiger charge is -2.09. The van der Waals surface area contributed by atoms with Gasteiger partial charge < -0.3 is 14.8 Å². The van der Waals surface area contributed by atoms with Crippen molar-refractivity contribution in [3.63, 3.8) is 0 Å². The number of carbonyl (C=O) groups excluding carboxylic acids is 1. The molecule has 0 aliphatic carbocycles. The van der Waals surface area contributed by atoms with E-state index in [1.807, 2.05) is 0 Å². The first-order valence-electron chi connectivity index (χ1n) is 8.06. The topological polar surface area (TPSA) is 93.7 Å². The second-order valence-electron chi connectivity index (χ2n) is 5.36. The van der Waals surface area contributed by atoms with Crippen molar-refractivity contribution in [1.82, 2.24) is 5.32 Å². The zero-order valence-electron chi connectivity index (χ0n) is 14.5. The molecule has 2 aromatic rings. The lowest BCUT2D eigenvalue weighted by molar-refractivity contribution is 0.0692.